The number of carbonyl (C=O) groups is 1. The van der Waals surface area contributed by atoms with Gasteiger partial charge in [0, 0.05) is 12.3 Å². The second-order valence-corrected chi connectivity index (χ2v) is 3.36. The summed E-state index contributed by atoms with van der Waals surface area (Å²) in [7, 11) is 0. The zero-order valence-electron chi connectivity index (χ0n) is 9.66. The lowest BCUT2D eigenvalue weighted by Crippen LogP contribution is -2.09. The van der Waals surface area contributed by atoms with E-state index in [1.54, 1.807) is 18.2 Å². The highest BCUT2D eigenvalue weighted by atomic mass is 16.5. The van der Waals surface area contributed by atoms with Crippen molar-refractivity contribution in [2.45, 2.75) is 13.8 Å². The van der Waals surface area contributed by atoms with Crippen LogP contribution in [0.1, 0.15) is 24.2 Å². The van der Waals surface area contributed by atoms with Gasteiger partial charge in [-0.15, -0.1) is 0 Å². The maximum atomic E-state index is 11.3. The number of hydrogen-bond donors (Lipinski definition) is 1. The number of nitrogens with two attached hydrogens (primary N) is 1. The van der Waals surface area contributed by atoms with E-state index in [-0.39, 0.29) is 5.78 Å². The molecule has 0 aromatic heterocycles. The predicted octanol–water partition coefficient (Wildman–Crippen LogP) is 1.89. The minimum absolute atomic E-state index is 0.0568. The summed E-state index contributed by atoms with van der Waals surface area (Å²) in [5, 5.41) is 0. The molecule has 16 heavy (non-hydrogen) atoms. The molecule has 0 saturated heterocycles. The van der Waals surface area contributed by atoms with Gasteiger partial charge in [0.2, 0.25) is 0 Å². The van der Waals surface area contributed by atoms with Crippen molar-refractivity contribution in [3.8, 4) is 5.75 Å². The molecule has 0 aliphatic rings. The quantitative estimate of drug-likeness (QED) is 0.454. The van der Waals surface area contributed by atoms with Gasteiger partial charge in [-0.2, -0.15) is 0 Å². The normalized spacial score (nSPS) is 10.1. The zero-order chi connectivity index (χ0) is 12.0. The van der Waals surface area contributed by atoms with E-state index < -0.39 is 0 Å². The maximum Gasteiger partial charge on any atom is 0.163 e. The Morgan fingerprint density at radius 2 is 2.12 bits per heavy atom. The molecule has 0 spiro atoms. The second-order valence-electron chi connectivity index (χ2n) is 3.36. The SMILES string of the molecule is CCOCCOc1ccc(N)cc1C(C)=O. The van der Waals surface area contributed by atoms with Crippen LogP contribution in [0.2, 0.25) is 0 Å². The minimum Gasteiger partial charge on any atom is -0.490 e. The van der Waals surface area contributed by atoms with Gasteiger partial charge >= 0.3 is 0 Å². The van der Waals surface area contributed by atoms with Gasteiger partial charge < -0.3 is 15.2 Å². The third kappa shape index (κ3) is 3.55. The van der Waals surface area contributed by atoms with E-state index in [0.717, 1.165) is 0 Å². The molecule has 1 aromatic rings. The van der Waals surface area contributed by atoms with Crippen molar-refractivity contribution in [2.75, 3.05) is 25.6 Å². The molecule has 0 aliphatic heterocycles. The van der Waals surface area contributed by atoms with Crippen LogP contribution in [-0.4, -0.2) is 25.6 Å². The molecule has 0 radical (unpaired) electrons. The summed E-state index contributed by atoms with van der Waals surface area (Å²) in [6, 6.07) is 5.04. The number of nitrogen functional groups attached to an aromatic ring is 1. The Hall–Kier alpha value is -1.55. The molecule has 4 heteroatoms. The number of rotatable bonds is 6. The molecule has 1 aromatic carbocycles. The van der Waals surface area contributed by atoms with Gasteiger partial charge in [0.05, 0.1) is 12.2 Å². The first kappa shape index (κ1) is 12.5. The van der Waals surface area contributed by atoms with Crippen LogP contribution >= 0.6 is 0 Å². The van der Waals surface area contributed by atoms with Crippen LogP contribution < -0.4 is 10.5 Å². The van der Waals surface area contributed by atoms with Crippen molar-refractivity contribution < 1.29 is 14.3 Å². The topological polar surface area (TPSA) is 61.6 Å². The fraction of sp³-hybridized carbons (Fsp3) is 0.417. The lowest BCUT2D eigenvalue weighted by atomic mass is 10.1. The summed E-state index contributed by atoms with van der Waals surface area (Å²) in [5.74, 6) is 0.500. The first-order valence-corrected chi connectivity index (χ1v) is 5.26. The highest BCUT2D eigenvalue weighted by Crippen LogP contribution is 2.21. The summed E-state index contributed by atoms with van der Waals surface area (Å²) >= 11 is 0. The fourth-order valence-electron chi connectivity index (χ4n) is 1.30. The Balaban J connectivity index is 2.67. The summed E-state index contributed by atoms with van der Waals surface area (Å²) < 4.78 is 10.6. The van der Waals surface area contributed by atoms with Crippen LogP contribution in [0.4, 0.5) is 5.69 Å². The number of carbonyl (C=O) groups excluding carboxylic acids is 1. The van der Waals surface area contributed by atoms with E-state index in [4.69, 9.17) is 15.2 Å². The summed E-state index contributed by atoms with van der Waals surface area (Å²) in [6.07, 6.45) is 0. The van der Waals surface area contributed by atoms with E-state index >= 15 is 0 Å². The van der Waals surface area contributed by atoms with Gasteiger partial charge in [0.1, 0.15) is 12.4 Å². The maximum absolute atomic E-state index is 11.3. The Bertz CT molecular complexity index is 363. The van der Waals surface area contributed by atoms with Crippen LogP contribution in [0.5, 0.6) is 5.75 Å². The van der Waals surface area contributed by atoms with Crippen molar-refractivity contribution in [1.82, 2.24) is 0 Å². The molecule has 0 saturated carbocycles. The first-order valence-electron chi connectivity index (χ1n) is 5.26. The molecule has 0 fully saturated rings. The smallest absolute Gasteiger partial charge is 0.163 e. The zero-order valence-corrected chi connectivity index (χ0v) is 9.66. The first-order chi connectivity index (χ1) is 7.65. The Morgan fingerprint density at radius 3 is 2.75 bits per heavy atom. The molecule has 0 aliphatic carbocycles. The Kier molecular flexibility index (Phi) is 4.79. The molecule has 1 rings (SSSR count). The van der Waals surface area contributed by atoms with E-state index in [1.165, 1.54) is 6.92 Å². The lowest BCUT2D eigenvalue weighted by Gasteiger charge is -2.10. The molecule has 88 valence electrons. The van der Waals surface area contributed by atoms with Gasteiger partial charge in [-0.1, -0.05) is 0 Å². The standard InChI is InChI=1S/C12H17NO3/c1-3-15-6-7-16-12-5-4-10(13)8-11(12)9(2)14/h4-5,8H,3,6-7,13H2,1-2H3. The number of benzene rings is 1. The number of ketones is 1. The van der Waals surface area contributed by atoms with Crippen LogP contribution in [-0.2, 0) is 4.74 Å². The number of Topliss-reactive ketones (excluding diaryl/α,β-unsaturated/α-hetero) is 1. The predicted molar refractivity (Wildman–Crippen MR) is 62.8 cm³/mol. The van der Waals surface area contributed by atoms with Crippen molar-refractivity contribution >= 4 is 11.5 Å². The van der Waals surface area contributed by atoms with Crippen LogP contribution in [0.15, 0.2) is 18.2 Å². The van der Waals surface area contributed by atoms with E-state index in [1.807, 2.05) is 6.92 Å². The third-order valence-corrected chi connectivity index (χ3v) is 2.07. The highest BCUT2D eigenvalue weighted by molar-refractivity contribution is 5.97. The number of ether oxygens (including phenoxy) is 2. The van der Waals surface area contributed by atoms with Gasteiger partial charge in [-0.05, 0) is 32.0 Å². The Labute approximate surface area is 95.3 Å². The molecule has 2 N–H and O–H groups in total. The average molecular weight is 223 g/mol. The summed E-state index contributed by atoms with van der Waals surface area (Å²) in [6.45, 7) is 5.01. The van der Waals surface area contributed by atoms with E-state index in [0.29, 0.717) is 36.8 Å². The second kappa shape index (κ2) is 6.12. The number of hydrogen-bond acceptors (Lipinski definition) is 4. The van der Waals surface area contributed by atoms with Gasteiger partial charge in [0.15, 0.2) is 5.78 Å². The minimum atomic E-state index is -0.0568. The van der Waals surface area contributed by atoms with Gasteiger partial charge in [0.25, 0.3) is 0 Å². The molecule has 0 bridgehead atoms. The summed E-state index contributed by atoms with van der Waals surface area (Å²) in [5.41, 5.74) is 6.68. The van der Waals surface area contributed by atoms with Crippen LogP contribution in [0, 0.1) is 0 Å². The molecule has 0 unspecified atom stereocenters. The van der Waals surface area contributed by atoms with Gasteiger partial charge in [-0.3, -0.25) is 4.79 Å². The third-order valence-electron chi connectivity index (χ3n) is 2.07. The molecule has 4 nitrogen and oxygen atoms in total. The van der Waals surface area contributed by atoms with Crippen LogP contribution in [0.3, 0.4) is 0 Å². The number of anilines is 1. The molecule has 0 heterocycles. The van der Waals surface area contributed by atoms with Crippen LogP contribution in [0.25, 0.3) is 0 Å². The molecule has 0 amide bonds. The molecular weight excluding hydrogens is 206 g/mol. The van der Waals surface area contributed by atoms with E-state index in [2.05, 4.69) is 0 Å². The molecule has 0 atom stereocenters. The van der Waals surface area contributed by atoms with E-state index in [9.17, 15) is 4.79 Å². The van der Waals surface area contributed by atoms with Gasteiger partial charge in [-0.25, -0.2) is 0 Å². The Morgan fingerprint density at radius 1 is 1.38 bits per heavy atom. The monoisotopic (exact) mass is 223 g/mol. The largest absolute Gasteiger partial charge is 0.490 e. The summed E-state index contributed by atoms with van der Waals surface area (Å²) in [4.78, 5) is 11.3. The highest BCUT2D eigenvalue weighted by Gasteiger charge is 2.08. The average Bonchev–Trinajstić information content (AvgIpc) is 2.26. The van der Waals surface area contributed by atoms with Crippen molar-refractivity contribution in [2.24, 2.45) is 0 Å². The lowest BCUT2D eigenvalue weighted by molar-refractivity contribution is 0.0990. The fourth-order valence-corrected chi connectivity index (χ4v) is 1.30. The van der Waals surface area contributed by atoms with Crippen molar-refractivity contribution in [3.05, 3.63) is 23.8 Å². The van der Waals surface area contributed by atoms with Crippen molar-refractivity contribution in [3.63, 3.8) is 0 Å². The molecular formula is C12H17NO3. The van der Waals surface area contributed by atoms with Crippen molar-refractivity contribution in [1.29, 1.82) is 0 Å².